The molecule has 0 saturated carbocycles. The van der Waals surface area contributed by atoms with Gasteiger partial charge in [0.1, 0.15) is 0 Å². The molecule has 2 rings (SSSR count). The van der Waals surface area contributed by atoms with Crippen LogP contribution in [0.2, 0.25) is 0 Å². The molecule has 0 bridgehead atoms. The van der Waals surface area contributed by atoms with Crippen molar-refractivity contribution in [3.63, 3.8) is 0 Å². The number of allylic oxidation sites excluding steroid dienone is 1. The lowest BCUT2D eigenvalue weighted by Gasteiger charge is -2.35. The number of rotatable bonds is 6. The van der Waals surface area contributed by atoms with Crippen molar-refractivity contribution in [2.45, 2.75) is 25.9 Å². The van der Waals surface area contributed by atoms with Gasteiger partial charge in [-0.25, -0.2) is 4.79 Å². The number of anilines is 1. The van der Waals surface area contributed by atoms with Crippen LogP contribution in [-0.4, -0.2) is 59.8 Å². The Morgan fingerprint density at radius 3 is 2.78 bits per heavy atom. The molecule has 1 saturated heterocycles. The molecule has 0 radical (unpaired) electrons. The molecule has 0 aromatic heterocycles. The van der Waals surface area contributed by atoms with E-state index in [0.29, 0.717) is 19.6 Å². The molecular weight excluding hydrogens is 290 g/mol. The highest BCUT2D eigenvalue weighted by molar-refractivity contribution is 5.89. The molecular formula is C18H27N3O2. The minimum Gasteiger partial charge on any atom is -0.392 e. The Kier molecular flexibility index (Phi) is 6.62. The van der Waals surface area contributed by atoms with E-state index >= 15 is 0 Å². The lowest BCUT2D eigenvalue weighted by atomic mass is 10.1. The van der Waals surface area contributed by atoms with Gasteiger partial charge in [0.25, 0.3) is 0 Å². The number of aliphatic hydroxyl groups is 1. The summed E-state index contributed by atoms with van der Waals surface area (Å²) in [5.41, 5.74) is 1.96. The van der Waals surface area contributed by atoms with Gasteiger partial charge in [-0.05, 0) is 37.5 Å². The molecule has 1 aromatic rings. The van der Waals surface area contributed by atoms with Crippen molar-refractivity contribution in [1.82, 2.24) is 9.80 Å². The predicted molar refractivity (Wildman–Crippen MR) is 93.6 cm³/mol. The maximum absolute atomic E-state index is 12.3. The van der Waals surface area contributed by atoms with Crippen molar-refractivity contribution in [3.05, 3.63) is 42.5 Å². The zero-order chi connectivity index (χ0) is 16.7. The summed E-state index contributed by atoms with van der Waals surface area (Å²) >= 11 is 0. The van der Waals surface area contributed by atoms with Crippen molar-refractivity contribution < 1.29 is 9.90 Å². The van der Waals surface area contributed by atoms with Gasteiger partial charge in [0.2, 0.25) is 0 Å². The Balaban J connectivity index is 1.75. The maximum Gasteiger partial charge on any atom is 0.321 e. The van der Waals surface area contributed by atoms with Crippen LogP contribution in [0.25, 0.3) is 0 Å². The van der Waals surface area contributed by atoms with E-state index in [9.17, 15) is 9.90 Å². The zero-order valence-electron chi connectivity index (χ0n) is 13.9. The van der Waals surface area contributed by atoms with E-state index in [1.807, 2.05) is 42.2 Å². The Labute approximate surface area is 138 Å². The molecule has 5 nitrogen and oxygen atoms in total. The van der Waals surface area contributed by atoms with E-state index in [1.165, 1.54) is 0 Å². The summed E-state index contributed by atoms with van der Waals surface area (Å²) in [7, 11) is 0. The summed E-state index contributed by atoms with van der Waals surface area (Å²) in [4.78, 5) is 16.3. The Bertz CT molecular complexity index is 525. The van der Waals surface area contributed by atoms with Gasteiger partial charge in [0.15, 0.2) is 0 Å². The average Bonchev–Trinajstić information content (AvgIpc) is 2.53. The van der Waals surface area contributed by atoms with E-state index in [4.69, 9.17) is 0 Å². The first kappa shape index (κ1) is 17.5. The number of hydrogen-bond donors (Lipinski definition) is 2. The van der Waals surface area contributed by atoms with E-state index < -0.39 is 0 Å². The number of amides is 2. The molecule has 0 aliphatic carbocycles. The van der Waals surface area contributed by atoms with Gasteiger partial charge in [0.05, 0.1) is 6.10 Å². The number of piperazine rings is 1. The minimum absolute atomic E-state index is 0.0533. The molecule has 1 unspecified atom stereocenters. The second-order valence-corrected chi connectivity index (χ2v) is 6.11. The number of carbonyl (C=O) groups excluding carboxylic acids is 1. The maximum atomic E-state index is 12.3. The van der Waals surface area contributed by atoms with E-state index in [1.54, 1.807) is 0 Å². The molecule has 2 N–H and O–H groups in total. The Morgan fingerprint density at radius 1 is 1.39 bits per heavy atom. The van der Waals surface area contributed by atoms with Crippen LogP contribution in [0.5, 0.6) is 0 Å². The number of aliphatic hydroxyl groups excluding tert-OH is 1. The predicted octanol–water partition coefficient (Wildman–Crippen LogP) is 2.47. The molecule has 1 aliphatic rings. The number of nitrogens with zero attached hydrogens (tertiary/aromatic N) is 2. The number of urea groups is 1. The summed E-state index contributed by atoms with van der Waals surface area (Å²) in [6, 6.07) is 7.75. The van der Waals surface area contributed by atoms with Crippen LogP contribution >= 0.6 is 0 Å². The second kappa shape index (κ2) is 8.70. The second-order valence-electron chi connectivity index (χ2n) is 6.11. The van der Waals surface area contributed by atoms with Gasteiger partial charge < -0.3 is 15.3 Å². The number of carbonyl (C=O) groups is 1. The third-order valence-electron chi connectivity index (χ3n) is 4.10. The molecule has 1 aromatic carbocycles. The molecule has 126 valence electrons. The third kappa shape index (κ3) is 5.69. The monoisotopic (exact) mass is 317 g/mol. The summed E-state index contributed by atoms with van der Waals surface area (Å²) < 4.78 is 0. The first-order chi connectivity index (χ1) is 11.1. The Morgan fingerprint density at radius 2 is 2.13 bits per heavy atom. The van der Waals surface area contributed by atoms with Crippen LogP contribution < -0.4 is 5.32 Å². The van der Waals surface area contributed by atoms with Gasteiger partial charge in [-0.3, -0.25) is 4.90 Å². The molecule has 1 fully saturated rings. The minimum atomic E-state index is -0.319. The van der Waals surface area contributed by atoms with Crippen LogP contribution in [0, 0.1) is 6.92 Å². The van der Waals surface area contributed by atoms with E-state index in [-0.39, 0.29) is 12.1 Å². The van der Waals surface area contributed by atoms with Crippen LogP contribution in [-0.2, 0) is 0 Å². The number of hydrogen-bond acceptors (Lipinski definition) is 3. The molecule has 1 atom stereocenters. The van der Waals surface area contributed by atoms with E-state index in [2.05, 4.69) is 16.8 Å². The lowest BCUT2D eigenvalue weighted by Crippen LogP contribution is -2.51. The van der Waals surface area contributed by atoms with Crippen molar-refractivity contribution in [2.24, 2.45) is 0 Å². The smallest absolute Gasteiger partial charge is 0.321 e. The zero-order valence-corrected chi connectivity index (χ0v) is 13.9. The van der Waals surface area contributed by atoms with Crippen molar-refractivity contribution in [2.75, 3.05) is 38.0 Å². The fraction of sp³-hybridized carbons (Fsp3) is 0.500. The summed E-state index contributed by atoms with van der Waals surface area (Å²) in [5.74, 6) is 0. The lowest BCUT2D eigenvalue weighted by molar-refractivity contribution is 0.0791. The Hall–Kier alpha value is -1.85. The van der Waals surface area contributed by atoms with Crippen molar-refractivity contribution in [3.8, 4) is 0 Å². The quantitative estimate of drug-likeness (QED) is 0.793. The topological polar surface area (TPSA) is 55.8 Å². The largest absolute Gasteiger partial charge is 0.392 e. The fourth-order valence-electron chi connectivity index (χ4n) is 2.76. The van der Waals surface area contributed by atoms with Crippen molar-refractivity contribution >= 4 is 11.7 Å². The molecule has 5 heteroatoms. The third-order valence-corrected chi connectivity index (χ3v) is 4.10. The first-order valence-corrected chi connectivity index (χ1v) is 8.22. The van der Waals surface area contributed by atoms with Crippen LogP contribution in [0.4, 0.5) is 10.5 Å². The number of β-amino-alcohol motifs (C(OH)–C–C–N with tert-alkyl or cyclic N) is 1. The van der Waals surface area contributed by atoms with Crippen LogP contribution in [0.15, 0.2) is 36.9 Å². The molecule has 23 heavy (non-hydrogen) atoms. The van der Waals surface area contributed by atoms with Gasteiger partial charge in [-0.1, -0.05) is 18.2 Å². The fourth-order valence-corrected chi connectivity index (χ4v) is 2.76. The van der Waals surface area contributed by atoms with Gasteiger partial charge in [0, 0.05) is 38.4 Å². The summed E-state index contributed by atoms with van der Waals surface area (Å²) in [6.07, 6.45) is 3.09. The highest BCUT2D eigenvalue weighted by Crippen LogP contribution is 2.12. The number of benzene rings is 1. The van der Waals surface area contributed by atoms with Crippen molar-refractivity contribution in [1.29, 1.82) is 0 Å². The van der Waals surface area contributed by atoms with Crippen LogP contribution in [0.1, 0.15) is 18.4 Å². The summed E-state index contributed by atoms with van der Waals surface area (Å²) in [5, 5.41) is 12.9. The number of aryl methyl sites for hydroxylation is 1. The molecule has 0 spiro atoms. The first-order valence-electron chi connectivity index (χ1n) is 8.22. The SMILES string of the molecule is C=CCCC(O)CN1CCN(C(=O)Nc2cccc(C)c2)CC1. The van der Waals surface area contributed by atoms with E-state index in [0.717, 1.165) is 37.2 Å². The molecule has 1 aliphatic heterocycles. The van der Waals surface area contributed by atoms with Gasteiger partial charge in [-0.2, -0.15) is 0 Å². The number of nitrogens with one attached hydrogen (secondary N) is 1. The highest BCUT2D eigenvalue weighted by Gasteiger charge is 2.22. The van der Waals surface area contributed by atoms with Gasteiger partial charge >= 0.3 is 6.03 Å². The highest BCUT2D eigenvalue weighted by atomic mass is 16.3. The van der Waals surface area contributed by atoms with Crippen LogP contribution in [0.3, 0.4) is 0 Å². The average molecular weight is 317 g/mol. The summed E-state index contributed by atoms with van der Waals surface area (Å²) in [6.45, 7) is 9.32. The molecule has 1 heterocycles. The molecule has 2 amide bonds. The van der Waals surface area contributed by atoms with Gasteiger partial charge in [-0.15, -0.1) is 6.58 Å². The normalized spacial score (nSPS) is 16.9. The standard InChI is InChI=1S/C18H27N3O2/c1-3-4-8-17(22)14-20-9-11-21(12-10-20)18(23)19-16-7-5-6-15(2)13-16/h3,5-7,13,17,22H,1,4,8-12,14H2,2H3,(H,19,23).